The van der Waals surface area contributed by atoms with Crippen LogP contribution in [0.1, 0.15) is 17.4 Å². The number of nitrogens with zero attached hydrogens (tertiary/aromatic N) is 1. The summed E-state index contributed by atoms with van der Waals surface area (Å²) < 4.78 is 11.6. The standard InChI is InChI=1S/C24H24N2O4S/c1-17-24(28)26(11-12-29-20-6-3-2-4-7-20)16-18-14-19(9-10-22(18)30-17)25-23(27)15-21-8-5-13-31-21/h2-10,13-14,17H,11-12,15-16H2,1H3,(H,25,27). The van der Waals surface area contributed by atoms with Gasteiger partial charge in [-0.05, 0) is 48.7 Å². The highest BCUT2D eigenvalue weighted by Gasteiger charge is 2.28. The number of carbonyl (C=O) groups is 2. The van der Waals surface area contributed by atoms with E-state index >= 15 is 0 Å². The molecule has 160 valence electrons. The van der Waals surface area contributed by atoms with Crippen molar-refractivity contribution in [3.05, 3.63) is 76.5 Å². The first-order chi connectivity index (χ1) is 15.1. The molecule has 1 aliphatic heterocycles. The number of rotatable bonds is 7. The van der Waals surface area contributed by atoms with Crippen molar-refractivity contribution >= 4 is 28.8 Å². The molecule has 0 fully saturated rings. The van der Waals surface area contributed by atoms with Crippen molar-refractivity contribution in [2.45, 2.75) is 26.0 Å². The minimum atomic E-state index is -0.586. The lowest BCUT2D eigenvalue weighted by atomic mass is 10.1. The van der Waals surface area contributed by atoms with Gasteiger partial charge in [-0.1, -0.05) is 24.3 Å². The van der Waals surface area contributed by atoms with E-state index in [1.54, 1.807) is 29.2 Å². The molecule has 1 atom stereocenters. The monoisotopic (exact) mass is 436 g/mol. The third-order valence-electron chi connectivity index (χ3n) is 4.96. The molecule has 4 rings (SSSR count). The van der Waals surface area contributed by atoms with E-state index in [-0.39, 0.29) is 11.8 Å². The molecule has 0 aliphatic carbocycles. The van der Waals surface area contributed by atoms with E-state index in [1.165, 1.54) is 0 Å². The van der Waals surface area contributed by atoms with E-state index < -0.39 is 6.10 Å². The number of thiophene rings is 1. The van der Waals surface area contributed by atoms with E-state index in [1.807, 2.05) is 60.0 Å². The zero-order chi connectivity index (χ0) is 21.6. The predicted octanol–water partition coefficient (Wildman–Crippen LogP) is 4.12. The van der Waals surface area contributed by atoms with Gasteiger partial charge in [-0.2, -0.15) is 0 Å². The number of nitrogens with one attached hydrogen (secondary N) is 1. The van der Waals surface area contributed by atoms with Gasteiger partial charge in [0.1, 0.15) is 18.1 Å². The van der Waals surface area contributed by atoms with Crippen LogP contribution in [-0.4, -0.2) is 36.0 Å². The zero-order valence-corrected chi connectivity index (χ0v) is 18.1. The molecule has 0 spiro atoms. The van der Waals surface area contributed by atoms with E-state index in [2.05, 4.69) is 5.32 Å². The van der Waals surface area contributed by atoms with Crippen LogP contribution in [0.2, 0.25) is 0 Å². The first-order valence-corrected chi connectivity index (χ1v) is 11.0. The molecule has 6 nitrogen and oxygen atoms in total. The van der Waals surface area contributed by atoms with Crippen molar-refractivity contribution in [3.63, 3.8) is 0 Å². The first-order valence-electron chi connectivity index (χ1n) is 10.2. The molecule has 1 unspecified atom stereocenters. The van der Waals surface area contributed by atoms with E-state index in [4.69, 9.17) is 9.47 Å². The highest BCUT2D eigenvalue weighted by atomic mass is 32.1. The number of carbonyl (C=O) groups excluding carboxylic acids is 2. The number of amides is 2. The molecule has 0 saturated heterocycles. The van der Waals surface area contributed by atoms with Crippen molar-refractivity contribution in [1.82, 2.24) is 4.90 Å². The summed E-state index contributed by atoms with van der Waals surface area (Å²) in [6.45, 7) is 2.97. The minimum absolute atomic E-state index is 0.0745. The lowest BCUT2D eigenvalue weighted by molar-refractivity contribution is -0.138. The van der Waals surface area contributed by atoms with Gasteiger partial charge in [0.25, 0.3) is 5.91 Å². The largest absolute Gasteiger partial charge is 0.492 e. The van der Waals surface area contributed by atoms with Gasteiger partial charge in [0.15, 0.2) is 6.10 Å². The number of fused-ring (bicyclic) bond motifs is 1. The van der Waals surface area contributed by atoms with Crippen LogP contribution in [0, 0.1) is 0 Å². The molecule has 2 amide bonds. The van der Waals surface area contributed by atoms with Crippen LogP contribution >= 0.6 is 11.3 Å². The summed E-state index contributed by atoms with van der Waals surface area (Å²) >= 11 is 1.56. The zero-order valence-electron chi connectivity index (χ0n) is 17.2. The Bertz CT molecular complexity index is 1040. The van der Waals surface area contributed by atoms with E-state index in [9.17, 15) is 9.59 Å². The number of hydrogen-bond donors (Lipinski definition) is 1. The molecule has 2 aromatic carbocycles. The van der Waals surface area contributed by atoms with Gasteiger partial charge in [0.2, 0.25) is 5.91 Å². The quantitative estimate of drug-likeness (QED) is 0.605. The third kappa shape index (κ3) is 5.44. The molecule has 1 aromatic heterocycles. The van der Waals surface area contributed by atoms with Crippen molar-refractivity contribution in [2.24, 2.45) is 0 Å². The number of hydrogen-bond acceptors (Lipinski definition) is 5. The summed E-state index contributed by atoms with van der Waals surface area (Å²) in [6.07, 6.45) is -0.249. The van der Waals surface area contributed by atoms with Crippen molar-refractivity contribution in [1.29, 1.82) is 0 Å². The second-order valence-corrected chi connectivity index (χ2v) is 8.34. The lowest BCUT2D eigenvalue weighted by Crippen LogP contribution is -2.40. The molecule has 0 radical (unpaired) electrons. The number of ether oxygens (including phenoxy) is 2. The summed E-state index contributed by atoms with van der Waals surface area (Å²) in [5, 5.41) is 4.89. The SMILES string of the molecule is CC1Oc2ccc(NC(=O)Cc3cccs3)cc2CN(CCOc2ccccc2)C1=O. The summed E-state index contributed by atoms with van der Waals surface area (Å²) in [7, 11) is 0. The molecule has 3 aromatic rings. The molecular formula is C24H24N2O4S. The van der Waals surface area contributed by atoms with Crippen molar-refractivity contribution in [3.8, 4) is 11.5 Å². The Hall–Kier alpha value is -3.32. The maximum atomic E-state index is 12.8. The Morgan fingerprint density at radius 2 is 2.03 bits per heavy atom. The fourth-order valence-electron chi connectivity index (χ4n) is 3.43. The average Bonchev–Trinajstić information content (AvgIpc) is 3.23. The van der Waals surface area contributed by atoms with Crippen LogP contribution in [0.3, 0.4) is 0 Å². The summed E-state index contributed by atoms with van der Waals surface area (Å²) in [5.74, 6) is 1.26. The molecule has 1 aliphatic rings. The smallest absolute Gasteiger partial charge is 0.263 e. The van der Waals surface area contributed by atoms with Crippen molar-refractivity contribution < 1.29 is 19.1 Å². The first kappa shape index (κ1) is 20.9. The van der Waals surface area contributed by atoms with E-state index in [0.717, 1.165) is 16.2 Å². The molecule has 1 N–H and O–H groups in total. The van der Waals surface area contributed by atoms with Gasteiger partial charge in [-0.25, -0.2) is 0 Å². The Morgan fingerprint density at radius 1 is 1.19 bits per heavy atom. The molecule has 2 heterocycles. The molecule has 7 heteroatoms. The lowest BCUT2D eigenvalue weighted by Gasteiger charge is -2.22. The molecular weight excluding hydrogens is 412 g/mol. The summed E-state index contributed by atoms with van der Waals surface area (Å²) in [4.78, 5) is 27.9. The second-order valence-electron chi connectivity index (χ2n) is 7.31. The predicted molar refractivity (Wildman–Crippen MR) is 121 cm³/mol. The number of anilines is 1. The van der Waals surface area contributed by atoms with Gasteiger partial charge in [-0.3, -0.25) is 9.59 Å². The maximum absolute atomic E-state index is 12.8. The van der Waals surface area contributed by atoms with Crippen LogP contribution in [0.15, 0.2) is 66.0 Å². The van der Waals surface area contributed by atoms with Crippen LogP contribution in [0.25, 0.3) is 0 Å². The second kappa shape index (κ2) is 9.66. The molecule has 0 saturated carbocycles. The fourth-order valence-corrected chi connectivity index (χ4v) is 4.14. The molecule has 31 heavy (non-hydrogen) atoms. The summed E-state index contributed by atoms with van der Waals surface area (Å²) in [6, 6.07) is 18.9. The topological polar surface area (TPSA) is 67.9 Å². The van der Waals surface area contributed by atoms with Gasteiger partial charge in [0, 0.05) is 22.7 Å². The van der Waals surface area contributed by atoms with Gasteiger partial charge in [0.05, 0.1) is 13.0 Å². The van der Waals surface area contributed by atoms with Crippen LogP contribution in [0.5, 0.6) is 11.5 Å². The normalized spacial score (nSPS) is 15.6. The minimum Gasteiger partial charge on any atom is -0.492 e. The highest BCUT2D eigenvalue weighted by molar-refractivity contribution is 7.10. The van der Waals surface area contributed by atoms with Crippen LogP contribution in [-0.2, 0) is 22.6 Å². The average molecular weight is 437 g/mol. The van der Waals surface area contributed by atoms with Crippen molar-refractivity contribution in [2.75, 3.05) is 18.5 Å². The van der Waals surface area contributed by atoms with Gasteiger partial charge >= 0.3 is 0 Å². The van der Waals surface area contributed by atoms with Crippen LogP contribution in [0.4, 0.5) is 5.69 Å². The third-order valence-corrected chi connectivity index (χ3v) is 5.83. The molecule has 0 bridgehead atoms. The summed E-state index contributed by atoms with van der Waals surface area (Å²) in [5.41, 5.74) is 1.54. The van der Waals surface area contributed by atoms with Gasteiger partial charge < -0.3 is 19.7 Å². The number of para-hydroxylation sites is 1. The Morgan fingerprint density at radius 3 is 2.81 bits per heavy atom. The van der Waals surface area contributed by atoms with Gasteiger partial charge in [-0.15, -0.1) is 11.3 Å². The Balaban J connectivity index is 1.42. The number of benzene rings is 2. The fraction of sp³-hybridized carbons (Fsp3) is 0.250. The maximum Gasteiger partial charge on any atom is 0.263 e. The Labute approximate surface area is 185 Å². The van der Waals surface area contributed by atoms with Crippen LogP contribution < -0.4 is 14.8 Å². The van der Waals surface area contributed by atoms with E-state index in [0.29, 0.717) is 37.6 Å². The highest BCUT2D eigenvalue weighted by Crippen LogP contribution is 2.29. The Kier molecular flexibility index (Phi) is 6.52.